The smallest absolute Gasteiger partial charge is 0.265 e. The Hall–Kier alpha value is -1.64. The van der Waals surface area contributed by atoms with Crippen molar-refractivity contribution in [1.82, 2.24) is 4.47 Å². The van der Waals surface area contributed by atoms with Crippen molar-refractivity contribution in [1.29, 1.82) is 0 Å². The first-order chi connectivity index (χ1) is 9.57. The fourth-order valence-electron chi connectivity index (χ4n) is 2.10. The Labute approximate surface area is 116 Å². The number of hydroxylamine groups is 1. The number of rotatable bonds is 2. The first kappa shape index (κ1) is 13.3. The minimum absolute atomic E-state index is 0.0612. The molecule has 7 nitrogen and oxygen atoms in total. The third-order valence-electron chi connectivity index (χ3n) is 3.12. The topological polar surface area (TPSA) is 84.9 Å². The molecule has 0 atom stereocenters. The van der Waals surface area contributed by atoms with E-state index in [1.54, 1.807) is 0 Å². The molecule has 8 heteroatoms. The first-order valence-electron chi connectivity index (χ1n) is 6.30. The summed E-state index contributed by atoms with van der Waals surface area (Å²) in [6.07, 6.45) is 1.62. The molecule has 1 aromatic rings. The Morgan fingerprint density at radius 2 is 2.10 bits per heavy atom. The summed E-state index contributed by atoms with van der Waals surface area (Å²) in [5, 5.41) is 2.59. The molecule has 0 aromatic heterocycles. The van der Waals surface area contributed by atoms with Crippen molar-refractivity contribution in [3.63, 3.8) is 0 Å². The normalized spacial score (nSPS) is 19.9. The van der Waals surface area contributed by atoms with Crippen molar-refractivity contribution in [3.8, 4) is 5.75 Å². The number of anilines is 1. The molecule has 2 heterocycles. The summed E-state index contributed by atoms with van der Waals surface area (Å²) >= 11 is 0. The molecule has 0 spiro atoms. The molecule has 20 heavy (non-hydrogen) atoms. The second-order valence-electron chi connectivity index (χ2n) is 4.57. The summed E-state index contributed by atoms with van der Waals surface area (Å²) in [6.45, 7) is 0.667. The van der Waals surface area contributed by atoms with Crippen LogP contribution >= 0.6 is 0 Å². The molecule has 1 amide bonds. The molecule has 0 saturated carbocycles. The van der Waals surface area contributed by atoms with E-state index >= 15 is 0 Å². The minimum Gasteiger partial charge on any atom is -0.482 e. The molecule has 0 unspecified atom stereocenters. The molecule has 0 radical (unpaired) electrons. The molecule has 2 aliphatic rings. The van der Waals surface area contributed by atoms with Crippen LogP contribution < -0.4 is 10.1 Å². The largest absolute Gasteiger partial charge is 0.482 e. The molecule has 1 aromatic carbocycles. The summed E-state index contributed by atoms with van der Waals surface area (Å²) in [6, 6.07) is 4.37. The van der Waals surface area contributed by atoms with Gasteiger partial charge in [-0.05, 0) is 31.0 Å². The van der Waals surface area contributed by atoms with Crippen LogP contribution in [0.4, 0.5) is 5.69 Å². The number of nitrogens with zero attached hydrogens (tertiary/aromatic N) is 1. The van der Waals surface area contributed by atoms with Gasteiger partial charge in [-0.2, -0.15) is 0 Å². The third kappa shape index (κ3) is 2.37. The van der Waals surface area contributed by atoms with Crippen LogP contribution in [-0.4, -0.2) is 38.6 Å². The van der Waals surface area contributed by atoms with Gasteiger partial charge in [0.2, 0.25) is 0 Å². The number of amides is 1. The fraction of sp³-hybridized carbons (Fsp3) is 0.417. The van der Waals surface area contributed by atoms with Crippen molar-refractivity contribution in [2.45, 2.75) is 17.7 Å². The van der Waals surface area contributed by atoms with Gasteiger partial charge in [0.1, 0.15) is 5.75 Å². The maximum absolute atomic E-state index is 12.4. The van der Waals surface area contributed by atoms with E-state index < -0.39 is 10.0 Å². The van der Waals surface area contributed by atoms with Crippen LogP contribution in [0, 0.1) is 0 Å². The average molecular weight is 298 g/mol. The predicted molar refractivity (Wildman–Crippen MR) is 69.6 cm³/mol. The van der Waals surface area contributed by atoms with E-state index in [4.69, 9.17) is 9.57 Å². The quantitative estimate of drug-likeness (QED) is 0.870. The Morgan fingerprint density at radius 3 is 2.85 bits per heavy atom. The maximum Gasteiger partial charge on any atom is 0.265 e. The second-order valence-corrected chi connectivity index (χ2v) is 6.40. The van der Waals surface area contributed by atoms with Crippen LogP contribution in [0.1, 0.15) is 12.8 Å². The number of ether oxygens (including phenoxy) is 1. The molecule has 3 rings (SSSR count). The highest BCUT2D eigenvalue weighted by Gasteiger charge is 2.29. The lowest BCUT2D eigenvalue weighted by Crippen LogP contribution is -2.35. The number of sulfonamides is 1. The van der Waals surface area contributed by atoms with Gasteiger partial charge in [0, 0.05) is 6.54 Å². The zero-order chi connectivity index (χ0) is 14.2. The van der Waals surface area contributed by atoms with Gasteiger partial charge >= 0.3 is 0 Å². The average Bonchev–Trinajstić information content (AvgIpc) is 2.47. The van der Waals surface area contributed by atoms with Crippen LogP contribution in [0.25, 0.3) is 0 Å². The Kier molecular flexibility index (Phi) is 3.36. The summed E-state index contributed by atoms with van der Waals surface area (Å²) in [5.41, 5.74) is 0.360. The lowest BCUT2D eigenvalue weighted by Gasteiger charge is -2.26. The second kappa shape index (κ2) is 5.04. The zero-order valence-corrected chi connectivity index (χ0v) is 11.5. The van der Waals surface area contributed by atoms with Gasteiger partial charge in [0.15, 0.2) is 6.61 Å². The summed E-state index contributed by atoms with van der Waals surface area (Å²) < 4.78 is 31.0. The number of fused-ring (bicyclic) bond motifs is 1. The Balaban J connectivity index is 1.93. The Bertz CT molecular complexity index is 637. The van der Waals surface area contributed by atoms with Gasteiger partial charge in [0.05, 0.1) is 17.2 Å². The van der Waals surface area contributed by atoms with Crippen LogP contribution in [0.3, 0.4) is 0 Å². The Morgan fingerprint density at radius 1 is 1.25 bits per heavy atom. The molecular weight excluding hydrogens is 284 g/mol. The summed E-state index contributed by atoms with van der Waals surface area (Å²) in [7, 11) is -3.71. The number of carbonyl (C=O) groups is 1. The number of hydrogen-bond donors (Lipinski definition) is 1. The highest BCUT2D eigenvalue weighted by Crippen LogP contribution is 2.31. The van der Waals surface area contributed by atoms with E-state index in [2.05, 4.69) is 5.32 Å². The van der Waals surface area contributed by atoms with Gasteiger partial charge in [-0.1, -0.05) is 4.47 Å². The van der Waals surface area contributed by atoms with E-state index in [1.807, 2.05) is 0 Å². The number of carbonyl (C=O) groups excluding carboxylic acids is 1. The SMILES string of the molecule is O=C1COc2ccc(S(=O)(=O)N3CCCCO3)cc2N1. The molecule has 1 saturated heterocycles. The van der Waals surface area contributed by atoms with Crippen LogP contribution in [0.2, 0.25) is 0 Å². The molecule has 0 bridgehead atoms. The molecular formula is C12H14N2O5S. The predicted octanol–water partition coefficient (Wildman–Crippen LogP) is 0.734. The standard InChI is InChI=1S/C12H14N2O5S/c15-12-8-18-11-4-3-9(7-10(11)13-12)20(16,17)14-5-1-2-6-19-14/h3-4,7H,1-2,5-6,8H2,(H,13,15). The van der Waals surface area contributed by atoms with Gasteiger partial charge < -0.3 is 10.1 Å². The van der Waals surface area contributed by atoms with Crippen LogP contribution in [-0.2, 0) is 19.7 Å². The van der Waals surface area contributed by atoms with Crippen LogP contribution in [0.5, 0.6) is 5.75 Å². The number of nitrogens with one attached hydrogen (secondary N) is 1. The number of hydrogen-bond acceptors (Lipinski definition) is 5. The van der Waals surface area contributed by atoms with E-state index in [-0.39, 0.29) is 17.4 Å². The molecule has 0 aliphatic carbocycles. The molecule has 108 valence electrons. The highest BCUT2D eigenvalue weighted by molar-refractivity contribution is 7.89. The monoisotopic (exact) mass is 298 g/mol. The molecule has 2 aliphatic heterocycles. The van der Waals surface area contributed by atoms with Gasteiger partial charge in [0.25, 0.3) is 15.9 Å². The first-order valence-corrected chi connectivity index (χ1v) is 7.74. The molecule has 1 N–H and O–H groups in total. The maximum atomic E-state index is 12.4. The lowest BCUT2D eigenvalue weighted by atomic mass is 10.2. The zero-order valence-electron chi connectivity index (χ0n) is 10.7. The van der Waals surface area contributed by atoms with E-state index in [0.717, 1.165) is 17.3 Å². The van der Waals surface area contributed by atoms with Crippen molar-refractivity contribution in [2.75, 3.05) is 25.1 Å². The number of benzene rings is 1. The summed E-state index contributed by atoms with van der Waals surface area (Å²) in [5.74, 6) is 0.157. The summed E-state index contributed by atoms with van der Waals surface area (Å²) in [4.78, 5) is 16.5. The van der Waals surface area contributed by atoms with Crippen molar-refractivity contribution in [3.05, 3.63) is 18.2 Å². The van der Waals surface area contributed by atoms with Crippen molar-refractivity contribution >= 4 is 21.6 Å². The fourth-order valence-corrected chi connectivity index (χ4v) is 3.43. The van der Waals surface area contributed by atoms with Crippen molar-refractivity contribution < 1.29 is 22.8 Å². The van der Waals surface area contributed by atoms with E-state index in [9.17, 15) is 13.2 Å². The van der Waals surface area contributed by atoms with Crippen LogP contribution in [0.15, 0.2) is 23.1 Å². The van der Waals surface area contributed by atoms with Gasteiger partial charge in [-0.15, -0.1) is 0 Å². The van der Waals surface area contributed by atoms with Gasteiger partial charge in [-0.3, -0.25) is 9.63 Å². The van der Waals surface area contributed by atoms with Gasteiger partial charge in [-0.25, -0.2) is 8.42 Å². The molecule has 1 fully saturated rings. The van der Waals surface area contributed by atoms with E-state index in [1.165, 1.54) is 18.2 Å². The third-order valence-corrected chi connectivity index (χ3v) is 4.79. The highest BCUT2D eigenvalue weighted by atomic mass is 32.2. The minimum atomic E-state index is -3.71. The van der Waals surface area contributed by atoms with E-state index in [0.29, 0.717) is 24.6 Å². The van der Waals surface area contributed by atoms with Crippen molar-refractivity contribution in [2.24, 2.45) is 0 Å². The lowest BCUT2D eigenvalue weighted by molar-refractivity contribution is -0.118.